The zero-order valence-electron chi connectivity index (χ0n) is 7.48. The first kappa shape index (κ1) is 9.02. The fraction of sp³-hybridized carbons (Fsp3) is 0.100. The fourth-order valence-corrected chi connectivity index (χ4v) is 2.26. The summed E-state index contributed by atoms with van der Waals surface area (Å²) >= 11 is 1.58. The second-order valence-electron chi connectivity index (χ2n) is 2.90. The van der Waals surface area contributed by atoms with Crippen LogP contribution in [0.1, 0.15) is 5.56 Å². The highest BCUT2D eigenvalue weighted by atomic mass is 32.1. The minimum Gasteiger partial charge on any atom is -0.449 e. The number of carbonyl (C=O) groups is 1. The van der Waals surface area contributed by atoms with Crippen molar-refractivity contribution in [1.29, 1.82) is 0 Å². The Morgan fingerprint density at radius 3 is 2.93 bits per heavy atom. The summed E-state index contributed by atoms with van der Waals surface area (Å²) in [5.41, 5.74) is 0.875. The number of ether oxygens (including phenoxy) is 1. The summed E-state index contributed by atoms with van der Waals surface area (Å²) in [6.07, 6.45) is -1.27. The normalized spacial score (nSPS) is 10.4. The minimum absolute atomic E-state index is 0.410. The Morgan fingerprint density at radius 2 is 2.21 bits per heavy atom. The van der Waals surface area contributed by atoms with Crippen LogP contribution >= 0.6 is 11.3 Å². The van der Waals surface area contributed by atoms with E-state index in [1.54, 1.807) is 17.4 Å². The van der Waals surface area contributed by atoms with Gasteiger partial charge in [-0.2, -0.15) is 0 Å². The Hall–Kier alpha value is -1.55. The van der Waals surface area contributed by atoms with Gasteiger partial charge in [-0.25, -0.2) is 4.79 Å². The van der Waals surface area contributed by atoms with E-state index in [-0.39, 0.29) is 0 Å². The van der Waals surface area contributed by atoms with Crippen LogP contribution in [0.25, 0.3) is 10.1 Å². The van der Waals surface area contributed by atoms with Gasteiger partial charge in [0.05, 0.1) is 0 Å². The lowest BCUT2D eigenvalue weighted by atomic mass is 10.2. The Labute approximate surface area is 84.6 Å². The first-order chi connectivity index (χ1) is 6.68. The van der Waals surface area contributed by atoms with E-state index < -0.39 is 6.16 Å². The molecule has 0 unspecified atom stereocenters. The lowest BCUT2D eigenvalue weighted by molar-refractivity contribution is 0.144. The lowest BCUT2D eigenvalue weighted by Gasteiger charge is -2.04. The van der Waals surface area contributed by atoms with Crippen LogP contribution in [0.2, 0.25) is 0 Å². The quantitative estimate of drug-likeness (QED) is 0.578. The molecule has 1 N–H and O–H groups in total. The molecule has 14 heavy (non-hydrogen) atoms. The zero-order valence-corrected chi connectivity index (χ0v) is 8.30. The van der Waals surface area contributed by atoms with Gasteiger partial charge in [-0.1, -0.05) is 0 Å². The number of thiophene rings is 1. The van der Waals surface area contributed by atoms with Crippen molar-refractivity contribution < 1.29 is 14.6 Å². The minimum atomic E-state index is -1.27. The van der Waals surface area contributed by atoms with Crippen LogP contribution in [0.5, 0.6) is 5.75 Å². The van der Waals surface area contributed by atoms with Crippen molar-refractivity contribution in [2.75, 3.05) is 0 Å². The van der Waals surface area contributed by atoms with Gasteiger partial charge >= 0.3 is 6.16 Å². The van der Waals surface area contributed by atoms with E-state index in [4.69, 9.17) is 5.11 Å². The Balaban J connectivity index is 2.56. The summed E-state index contributed by atoms with van der Waals surface area (Å²) in [7, 11) is 0. The SMILES string of the molecule is Cc1c(OC(=O)O)ccc2ccsc12. The molecular weight excluding hydrogens is 200 g/mol. The summed E-state index contributed by atoms with van der Waals surface area (Å²) in [6, 6.07) is 5.53. The summed E-state index contributed by atoms with van der Waals surface area (Å²) in [4.78, 5) is 10.4. The van der Waals surface area contributed by atoms with E-state index in [0.29, 0.717) is 5.75 Å². The first-order valence-corrected chi connectivity index (χ1v) is 4.94. The topological polar surface area (TPSA) is 46.5 Å². The highest BCUT2D eigenvalue weighted by Crippen LogP contribution is 2.31. The van der Waals surface area contributed by atoms with Crippen molar-refractivity contribution in [1.82, 2.24) is 0 Å². The Bertz CT molecular complexity index is 487. The molecule has 0 aliphatic carbocycles. The maximum atomic E-state index is 10.4. The van der Waals surface area contributed by atoms with E-state index in [1.165, 1.54) is 0 Å². The number of aryl methyl sites for hydroxylation is 1. The summed E-state index contributed by atoms with van der Waals surface area (Å²) in [5, 5.41) is 11.6. The van der Waals surface area contributed by atoms with Gasteiger partial charge in [-0.05, 0) is 35.9 Å². The van der Waals surface area contributed by atoms with Crippen molar-refractivity contribution in [3.8, 4) is 5.75 Å². The smallest absolute Gasteiger partial charge is 0.449 e. The monoisotopic (exact) mass is 208 g/mol. The highest BCUT2D eigenvalue weighted by molar-refractivity contribution is 7.17. The van der Waals surface area contributed by atoms with Crippen LogP contribution in [0, 0.1) is 6.92 Å². The average Bonchev–Trinajstić information content (AvgIpc) is 2.57. The second-order valence-corrected chi connectivity index (χ2v) is 3.81. The maximum absolute atomic E-state index is 10.4. The average molecular weight is 208 g/mol. The van der Waals surface area contributed by atoms with Crippen LogP contribution in [-0.4, -0.2) is 11.3 Å². The molecule has 0 atom stereocenters. The van der Waals surface area contributed by atoms with Gasteiger partial charge in [0.1, 0.15) is 5.75 Å². The number of benzene rings is 1. The molecule has 1 aromatic heterocycles. The summed E-state index contributed by atoms with van der Waals surface area (Å²) < 4.78 is 5.72. The van der Waals surface area contributed by atoms with Crippen LogP contribution in [0.3, 0.4) is 0 Å². The molecule has 2 aromatic rings. The predicted molar refractivity (Wildman–Crippen MR) is 55.2 cm³/mol. The molecule has 0 spiro atoms. The number of hydrogen-bond acceptors (Lipinski definition) is 3. The van der Waals surface area contributed by atoms with Crippen molar-refractivity contribution in [3.05, 3.63) is 29.1 Å². The van der Waals surface area contributed by atoms with Crippen molar-refractivity contribution in [2.24, 2.45) is 0 Å². The van der Waals surface area contributed by atoms with E-state index in [1.807, 2.05) is 24.4 Å². The molecule has 4 heteroatoms. The van der Waals surface area contributed by atoms with E-state index >= 15 is 0 Å². The molecule has 1 aromatic carbocycles. The second kappa shape index (κ2) is 3.31. The summed E-state index contributed by atoms with van der Waals surface area (Å²) in [6.45, 7) is 1.86. The Morgan fingerprint density at radius 1 is 1.43 bits per heavy atom. The van der Waals surface area contributed by atoms with Gasteiger partial charge in [0.15, 0.2) is 0 Å². The summed E-state index contributed by atoms with van der Waals surface area (Å²) in [5.74, 6) is 0.410. The van der Waals surface area contributed by atoms with Crippen LogP contribution in [0.4, 0.5) is 4.79 Å². The van der Waals surface area contributed by atoms with Gasteiger partial charge in [0.25, 0.3) is 0 Å². The molecular formula is C10H8O3S. The van der Waals surface area contributed by atoms with Crippen molar-refractivity contribution in [3.63, 3.8) is 0 Å². The van der Waals surface area contributed by atoms with Crippen molar-refractivity contribution >= 4 is 27.6 Å². The molecule has 0 amide bonds. The third-order valence-electron chi connectivity index (χ3n) is 2.02. The molecule has 3 nitrogen and oxygen atoms in total. The van der Waals surface area contributed by atoms with Gasteiger partial charge in [0.2, 0.25) is 0 Å². The van der Waals surface area contributed by atoms with Crippen LogP contribution < -0.4 is 4.74 Å². The molecule has 2 rings (SSSR count). The maximum Gasteiger partial charge on any atom is 0.511 e. The number of carboxylic acid groups (broad SMARTS) is 1. The first-order valence-electron chi connectivity index (χ1n) is 4.06. The van der Waals surface area contributed by atoms with Gasteiger partial charge in [-0.3, -0.25) is 0 Å². The van der Waals surface area contributed by atoms with Gasteiger partial charge in [0, 0.05) is 10.3 Å². The number of hydrogen-bond donors (Lipinski definition) is 1. The van der Waals surface area contributed by atoms with E-state index in [9.17, 15) is 4.79 Å². The molecule has 0 radical (unpaired) electrons. The third-order valence-corrected chi connectivity index (χ3v) is 3.07. The molecule has 0 aliphatic rings. The number of rotatable bonds is 1. The van der Waals surface area contributed by atoms with Crippen molar-refractivity contribution in [2.45, 2.75) is 6.92 Å². The van der Waals surface area contributed by atoms with Crippen LogP contribution in [-0.2, 0) is 0 Å². The Kier molecular flexibility index (Phi) is 2.13. The highest BCUT2D eigenvalue weighted by Gasteiger charge is 2.08. The number of fused-ring (bicyclic) bond motifs is 1. The third kappa shape index (κ3) is 1.44. The van der Waals surface area contributed by atoms with Gasteiger partial charge in [-0.15, -0.1) is 11.3 Å². The predicted octanol–water partition coefficient (Wildman–Crippen LogP) is 3.27. The molecule has 0 aliphatic heterocycles. The largest absolute Gasteiger partial charge is 0.511 e. The molecule has 0 saturated heterocycles. The zero-order chi connectivity index (χ0) is 10.1. The molecule has 0 fully saturated rings. The molecule has 72 valence electrons. The van der Waals surface area contributed by atoms with Gasteiger partial charge < -0.3 is 9.84 Å². The van der Waals surface area contributed by atoms with Crippen LogP contribution in [0.15, 0.2) is 23.6 Å². The molecule has 1 heterocycles. The molecule has 0 bridgehead atoms. The lowest BCUT2D eigenvalue weighted by Crippen LogP contribution is -2.03. The van der Waals surface area contributed by atoms with E-state index in [0.717, 1.165) is 15.6 Å². The fourth-order valence-electron chi connectivity index (χ4n) is 1.36. The van der Waals surface area contributed by atoms with E-state index in [2.05, 4.69) is 4.74 Å². The molecule has 0 saturated carbocycles. The standard InChI is InChI=1S/C10H8O3S/c1-6-8(13-10(11)12)3-2-7-4-5-14-9(6)7/h2-5H,1H3,(H,11,12).